The van der Waals surface area contributed by atoms with E-state index in [1.807, 2.05) is 25.1 Å². The highest BCUT2D eigenvalue weighted by molar-refractivity contribution is 7.90. The van der Waals surface area contributed by atoms with Crippen molar-refractivity contribution in [2.75, 3.05) is 5.32 Å². The Bertz CT molecular complexity index is 1010. The zero-order valence-electron chi connectivity index (χ0n) is 13.5. The van der Waals surface area contributed by atoms with E-state index in [0.717, 1.165) is 9.87 Å². The second-order valence-corrected chi connectivity index (χ2v) is 8.16. The third-order valence-corrected chi connectivity index (χ3v) is 6.24. The highest BCUT2D eigenvalue weighted by atomic mass is 32.2. The number of benzene rings is 2. The lowest BCUT2D eigenvalue weighted by Gasteiger charge is -2.13. The summed E-state index contributed by atoms with van der Waals surface area (Å²) >= 11 is 0. The van der Waals surface area contributed by atoms with Crippen molar-refractivity contribution < 1.29 is 18.0 Å². The molecule has 0 bridgehead atoms. The van der Waals surface area contributed by atoms with Gasteiger partial charge >= 0.3 is 0 Å². The van der Waals surface area contributed by atoms with E-state index in [4.69, 9.17) is 0 Å². The molecule has 1 saturated carbocycles. The van der Waals surface area contributed by atoms with Gasteiger partial charge in [-0.05, 0) is 55.7 Å². The van der Waals surface area contributed by atoms with Crippen LogP contribution in [-0.2, 0) is 10.0 Å². The Balaban J connectivity index is 1.67. The van der Waals surface area contributed by atoms with Crippen LogP contribution in [0, 0.1) is 6.92 Å². The van der Waals surface area contributed by atoms with E-state index in [1.54, 1.807) is 6.07 Å². The van der Waals surface area contributed by atoms with Gasteiger partial charge in [-0.25, -0.2) is 12.7 Å². The van der Waals surface area contributed by atoms with Gasteiger partial charge in [0.05, 0.1) is 5.56 Å². The van der Waals surface area contributed by atoms with Crippen LogP contribution >= 0.6 is 0 Å². The largest absolute Gasteiger partial charge is 0.322 e. The van der Waals surface area contributed by atoms with Crippen molar-refractivity contribution in [1.82, 2.24) is 4.31 Å². The number of sulfonamides is 1. The molecule has 0 spiro atoms. The number of aryl methyl sites for hydroxylation is 1. The topological polar surface area (TPSA) is 83.6 Å². The maximum Gasteiger partial charge on any atom is 0.269 e. The van der Waals surface area contributed by atoms with E-state index < -0.39 is 21.8 Å². The summed E-state index contributed by atoms with van der Waals surface area (Å²) in [5.41, 5.74) is 1.97. The van der Waals surface area contributed by atoms with Gasteiger partial charge < -0.3 is 5.32 Å². The molecule has 1 heterocycles. The predicted molar refractivity (Wildman–Crippen MR) is 92.0 cm³/mol. The van der Waals surface area contributed by atoms with Crippen LogP contribution in [-0.4, -0.2) is 30.6 Å². The van der Waals surface area contributed by atoms with Crippen LogP contribution in [0.25, 0.3) is 0 Å². The summed E-state index contributed by atoms with van der Waals surface area (Å²) in [6.45, 7) is 1.91. The molecular formula is C18H16N2O4S. The zero-order valence-corrected chi connectivity index (χ0v) is 14.3. The number of carbonyl (C=O) groups excluding carboxylic acids is 2. The van der Waals surface area contributed by atoms with Crippen LogP contribution in [0.4, 0.5) is 5.69 Å². The molecule has 2 amide bonds. The van der Waals surface area contributed by atoms with Crippen LogP contribution in [0.15, 0.2) is 47.4 Å². The molecule has 1 fully saturated rings. The Kier molecular flexibility index (Phi) is 3.43. The first-order valence-electron chi connectivity index (χ1n) is 7.99. The quantitative estimate of drug-likeness (QED) is 0.916. The molecule has 0 aromatic heterocycles. The molecule has 6 nitrogen and oxygen atoms in total. The first-order valence-corrected chi connectivity index (χ1v) is 9.43. The van der Waals surface area contributed by atoms with Crippen LogP contribution in [0.3, 0.4) is 0 Å². The summed E-state index contributed by atoms with van der Waals surface area (Å²) in [5.74, 6) is -0.913. The number of amides is 2. The van der Waals surface area contributed by atoms with Crippen molar-refractivity contribution in [3.63, 3.8) is 0 Å². The number of anilines is 1. The number of rotatable bonds is 3. The lowest BCUT2D eigenvalue weighted by molar-refractivity contribution is 0.0864. The molecule has 2 aliphatic rings. The van der Waals surface area contributed by atoms with Crippen LogP contribution in [0.1, 0.15) is 39.1 Å². The summed E-state index contributed by atoms with van der Waals surface area (Å²) < 4.78 is 26.2. The number of fused-ring (bicyclic) bond motifs is 1. The Morgan fingerprint density at radius 1 is 1.16 bits per heavy atom. The fourth-order valence-corrected chi connectivity index (χ4v) is 4.83. The fourth-order valence-electron chi connectivity index (χ4n) is 2.98. The standard InChI is InChI=1S/C18H16N2O4S/c1-11-3-2-4-13(9-11)19-17(21)12-5-8-15-16(10-12)25(23,24)20(18(15)22)14-6-7-14/h2-5,8-10,14H,6-7H2,1H3,(H,19,21). The lowest BCUT2D eigenvalue weighted by atomic mass is 10.1. The molecule has 1 aliphatic heterocycles. The summed E-state index contributed by atoms with van der Waals surface area (Å²) in [6.07, 6.45) is 1.39. The van der Waals surface area contributed by atoms with Gasteiger partial charge in [0.25, 0.3) is 21.8 Å². The third kappa shape index (κ3) is 2.60. The van der Waals surface area contributed by atoms with Crippen molar-refractivity contribution in [2.45, 2.75) is 30.7 Å². The van der Waals surface area contributed by atoms with Gasteiger partial charge in [0.2, 0.25) is 0 Å². The highest BCUT2D eigenvalue weighted by Gasteiger charge is 2.48. The van der Waals surface area contributed by atoms with Crippen molar-refractivity contribution in [2.24, 2.45) is 0 Å². The summed E-state index contributed by atoms with van der Waals surface area (Å²) in [4.78, 5) is 24.7. The fraction of sp³-hybridized carbons (Fsp3) is 0.222. The normalized spacial score (nSPS) is 18.1. The van der Waals surface area contributed by atoms with Crippen molar-refractivity contribution in [1.29, 1.82) is 0 Å². The maximum atomic E-state index is 12.6. The first kappa shape index (κ1) is 15.8. The average molecular weight is 356 g/mol. The van der Waals surface area contributed by atoms with Gasteiger partial charge in [0, 0.05) is 17.3 Å². The molecule has 2 aromatic carbocycles. The minimum atomic E-state index is -3.86. The Hall–Kier alpha value is -2.67. The van der Waals surface area contributed by atoms with Crippen LogP contribution in [0.2, 0.25) is 0 Å². The Labute approximate surface area is 145 Å². The first-order chi connectivity index (χ1) is 11.9. The van der Waals surface area contributed by atoms with Gasteiger partial charge in [-0.2, -0.15) is 0 Å². The van der Waals surface area contributed by atoms with E-state index in [0.29, 0.717) is 18.5 Å². The van der Waals surface area contributed by atoms with Gasteiger partial charge in [0.1, 0.15) is 4.90 Å². The number of hydrogen-bond donors (Lipinski definition) is 1. The molecule has 2 aromatic rings. The molecule has 128 valence electrons. The third-order valence-electron chi connectivity index (χ3n) is 4.37. The predicted octanol–water partition coefficient (Wildman–Crippen LogP) is 2.55. The van der Waals surface area contributed by atoms with Crippen LogP contribution in [0.5, 0.6) is 0 Å². The molecule has 0 atom stereocenters. The van der Waals surface area contributed by atoms with E-state index in [2.05, 4.69) is 5.32 Å². The Morgan fingerprint density at radius 2 is 1.92 bits per heavy atom. The SMILES string of the molecule is Cc1cccc(NC(=O)c2ccc3c(c2)S(=O)(=O)N(C2CC2)C3=O)c1. The molecule has 1 aliphatic carbocycles. The summed E-state index contributed by atoms with van der Waals surface area (Å²) in [6, 6.07) is 11.3. The van der Waals surface area contributed by atoms with Gasteiger partial charge in [-0.15, -0.1) is 0 Å². The minimum absolute atomic E-state index is 0.0821. The zero-order chi connectivity index (χ0) is 17.8. The highest BCUT2D eigenvalue weighted by Crippen LogP contribution is 2.39. The summed E-state index contributed by atoms with van der Waals surface area (Å²) in [5, 5.41) is 2.74. The second-order valence-electron chi connectivity index (χ2n) is 6.37. The molecule has 0 radical (unpaired) electrons. The maximum absolute atomic E-state index is 12.6. The molecule has 0 saturated heterocycles. The van der Waals surface area contributed by atoms with Gasteiger partial charge in [-0.1, -0.05) is 12.1 Å². The average Bonchev–Trinajstić information content (AvgIpc) is 3.36. The Morgan fingerprint density at radius 3 is 2.60 bits per heavy atom. The van der Waals surface area contributed by atoms with E-state index >= 15 is 0 Å². The lowest BCUT2D eigenvalue weighted by Crippen LogP contribution is -2.31. The van der Waals surface area contributed by atoms with Crippen molar-refractivity contribution >= 4 is 27.5 Å². The van der Waals surface area contributed by atoms with Crippen LogP contribution < -0.4 is 5.32 Å². The molecule has 0 unspecified atom stereocenters. The number of nitrogens with zero attached hydrogens (tertiary/aromatic N) is 1. The monoisotopic (exact) mass is 356 g/mol. The number of hydrogen-bond acceptors (Lipinski definition) is 4. The summed E-state index contributed by atoms with van der Waals surface area (Å²) in [7, 11) is -3.86. The second kappa shape index (κ2) is 5.42. The van der Waals surface area contributed by atoms with E-state index in [1.165, 1.54) is 18.2 Å². The van der Waals surface area contributed by atoms with Gasteiger partial charge in [0.15, 0.2) is 0 Å². The van der Waals surface area contributed by atoms with Crippen molar-refractivity contribution in [3.05, 3.63) is 59.2 Å². The smallest absolute Gasteiger partial charge is 0.269 e. The molecule has 7 heteroatoms. The van der Waals surface area contributed by atoms with Crippen molar-refractivity contribution in [3.8, 4) is 0 Å². The molecule has 25 heavy (non-hydrogen) atoms. The number of carbonyl (C=O) groups is 2. The molecule has 1 N–H and O–H groups in total. The van der Waals surface area contributed by atoms with Gasteiger partial charge in [-0.3, -0.25) is 9.59 Å². The van der Waals surface area contributed by atoms with E-state index in [-0.39, 0.29) is 22.1 Å². The molecule has 4 rings (SSSR count). The minimum Gasteiger partial charge on any atom is -0.322 e. The number of nitrogens with one attached hydrogen (secondary N) is 1. The molecular weight excluding hydrogens is 340 g/mol. The van der Waals surface area contributed by atoms with E-state index in [9.17, 15) is 18.0 Å².